The van der Waals surface area contributed by atoms with Gasteiger partial charge in [-0.2, -0.15) is 0 Å². The maximum absolute atomic E-state index is 11.5. The van der Waals surface area contributed by atoms with Crippen LogP contribution in [0.25, 0.3) is 0 Å². The molecule has 1 heterocycles. The Hall–Kier alpha value is -1.71. The molecule has 0 aromatic heterocycles. The van der Waals surface area contributed by atoms with E-state index in [-0.39, 0.29) is 0 Å². The Labute approximate surface area is 108 Å². The van der Waals surface area contributed by atoms with E-state index in [1.165, 1.54) is 6.42 Å². The van der Waals surface area contributed by atoms with Crippen molar-refractivity contribution >= 4 is 17.3 Å². The average molecular weight is 247 g/mol. The largest absolute Gasteiger partial charge is 0.399 e. The van der Waals surface area contributed by atoms with Crippen LogP contribution in [0.2, 0.25) is 0 Å². The van der Waals surface area contributed by atoms with E-state index in [1.807, 2.05) is 12.1 Å². The van der Waals surface area contributed by atoms with Gasteiger partial charge in [-0.25, -0.2) is 0 Å². The lowest BCUT2D eigenvalue weighted by Gasteiger charge is -2.37. The second kappa shape index (κ2) is 4.88. The summed E-state index contributed by atoms with van der Waals surface area (Å²) in [6.07, 6.45) is 1.23. The maximum atomic E-state index is 11.5. The third-order valence-electron chi connectivity index (χ3n) is 3.50. The van der Waals surface area contributed by atoms with Crippen LogP contribution >= 0.6 is 0 Å². The van der Waals surface area contributed by atoms with Gasteiger partial charge in [0.25, 0.3) is 5.91 Å². The Morgan fingerprint density at radius 3 is 2.44 bits per heavy atom. The van der Waals surface area contributed by atoms with E-state index in [1.54, 1.807) is 6.07 Å². The molecular formula is C14H21N3O. The molecule has 18 heavy (non-hydrogen) atoms. The number of hydrogen-bond donors (Lipinski definition) is 2. The van der Waals surface area contributed by atoms with Crippen molar-refractivity contribution in [1.29, 1.82) is 0 Å². The minimum absolute atomic E-state index is 0.414. The lowest BCUT2D eigenvalue weighted by molar-refractivity contribution is 0.100. The smallest absolute Gasteiger partial charge is 0.250 e. The third kappa shape index (κ3) is 2.58. The molecule has 0 bridgehead atoms. The monoisotopic (exact) mass is 247 g/mol. The molecule has 0 radical (unpaired) electrons. The number of carbonyl (C=O) groups excluding carboxylic acids is 1. The highest BCUT2D eigenvalue weighted by atomic mass is 16.1. The summed E-state index contributed by atoms with van der Waals surface area (Å²) in [5, 5.41) is 0. The second-order valence-corrected chi connectivity index (χ2v) is 5.49. The Kier molecular flexibility index (Phi) is 3.45. The lowest BCUT2D eigenvalue weighted by atomic mass is 9.91. The molecule has 0 spiro atoms. The van der Waals surface area contributed by atoms with Gasteiger partial charge < -0.3 is 16.4 Å². The Morgan fingerprint density at radius 1 is 1.28 bits per heavy atom. The van der Waals surface area contributed by atoms with E-state index in [4.69, 9.17) is 11.5 Å². The molecule has 1 saturated heterocycles. The molecule has 1 aromatic rings. The second-order valence-electron chi connectivity index (χ2n) is 5.49. The fourth-order valence-corrected chi connectivity index (χ4v) is 2.89. The van der Waals surface area contributed by atoms with Gasteiger partial charge in [-0.15, -0.1) is 0 Å². The first kappa shape index (κ1) is 12.7. The molecule has 4 N–H and O–H groups in total. The molecule has 2 atom stereocenters. The third-order valence-corrected chi connectivity index (χ3v) is 3.50. The zero-order valence-corrected chi connectivity index (χ0v) is 11.0. The fraction of sp³-hybridized carbons (Fsp3) is 0.500. The normalized spacial score (nSPS) is 24.0. The van der Waals surface area contributed by atoms with Crippen LogP contribution in [0.15, 0.2) is 18.2 Å². The number of primary amides is 1. The first-order valence-electron chi connectivity index (χ1n) is 6.41. The van der Waals surface area contributed by atoms with E-state index in [0.29, 0.717) is 23.1 Å². The van der Waals surface area contributed by atoms with Crippen molar-refractivity contribution in [2.24, 2.45) is 17.6 Å². The number of anilines is 2. The zero-order chi connectivity index (χ0) is 13.3. The number of amides is 1. The van der Waals surface area contributed by atoms with Gasteiger partial charge in [0, 0.05) is 24.5 Å². The minimum atomic E-state index is -0.414. The summed E-state index contributed by atoms with van der Waals surface area (Å²) in [7, 11) is 0. The van der Waals surface area contributed by atoms with Gasteiger partial charge >= 0.3 is 0 Å². The summed E-state index contributed by atoms with van der Waals surface area (Å²) in [6.45, 7) is 6.41. The van der Waals surface area contributed by atoms with Crippen molar-refractivity contribution in [2.75, 3.05) is 23.7 Å². The summed E-state index contributed by atoms with van der Waals surface area (Å²) in [5.41, 5.74) is 13.2. The molecule has 4 nitrogen and oxygen atoms in total. The van der Waals surface area contributed by atoms with Crippen LogP contribution in [0.4, 0.5) is 11.4 Å². The number of piperidine rings is 1. The van der Waals surface area contributed by atoms with Crippen LogP contribution in [-0.4, -0.2) is 19.0 Å². The van der Waals surface area contributed by atoms with Crippen molar-refractivity contribution in [1.82, 2.24) is 0 Å². The topological polar surface area (TPSA) is 72.3 Å². The minimum Gasteiger partial charge on any atom is -0.399 e. The van der Waals surface area contributed by atoms with Crippen LogP contribution in [0.3, 0.4) is 0 Å². The Balaban J connectivity index is 2.35. The Bertz CT molecular complexity index is 448. The van der Waals surface area contributed by atoms with Crippen molar-refractivity contribution in [2.45, 2.75) is 20.3 Å². The van der Waals surface area contributed by atoms with Gasteiger partial charge in [0.15, 0.2) is 0 Å². The molecule has 1 aliphatic rings. The number of hydrogen-bond acceptors (Lipinski definition) is 3. The maximum Gasteiger partial charge on any atom is 0.250 e. The standard InChI is InChI=1S/C14H21N3O/c1-9-5-10(2)8-17(7-9)13-4-3-11(15)6-12(13)14(16)18/h3-4,6,9-10H,5,7-8,15H2,1-2H3,(H2,16,18)/t9-,10-/m1/s1. The van der Waals surface area contributed by atoms with Gasteiger partial charge in [0.05, 0.1) is 5.56 Å². The first-order valence-corrected chi connectivity index (χ1v) is 6.41. The summed E-state index contributed by atoms with van der Waals surface area (Å²) in [5.74, 6) is 0.849. The summed E-state index contributed by atoms with van der Waals surface area (Å²) < 4.78 is 0. The molecule has 1 aromatic carbocycles. The Morgan fingerprint density at radius 2 is 1.89 bits per heavy atom. The summed E-state index contributed by atoms with van der Waals surface area (Å²) in [4.78, 5) is 13.8. The first-order chi connectivity index (χ1) is 8.47. The zero-order valence-electron chi connectivity index (χ0n) is 11.0. The van der Waals surface area contributed by atoms with Gasteiger partial charge in [0.2, 0.25) is 0 Å². The van der Waals surface area contributed by atoms with Gasteiger partial charge in [0.1, 0.15) is 0 Å². The van der Waals surface area contributed by atoms with Crippen LogP contribution in [0.5, 0.6) is 0 Å². The molecule has 2 rings (SSSR count). The number of nitrogen functional groups attached to an aromatic ring is 1. The van der Waals surface area contributed by atoms with Crippen molar-refractivity contribution in [3.8, 4) is 0 Å². The highest BCUT2D eigenvalue weighted by Gasteiger charge is 2.24. The quantitative estimate of drug-likeness (QED) is 0.783. The average Bonchev–Trinajstić information content (AvgIpc) is 2.27. The van der Waals surface area contributed by atoms with E-state index in [2.05, 4.69) is 18.7 Å². The number of rotatable bonds is 2. The van der Waals surface area contributed by atoms with E-state index in [0.717, 1.165) is 18.8 Å². The number of benzene rings is 1. The fourth-order valence-electron chi connectivity index (χ4n) is 2.89. The van der Waals surface area contributed by atoms with E-state index in [9.17, 15) is 4.79 Å². The van der Waals surface area contributed by atoms with Gasteiger partial charge in [-0.1, -0.05) is 13.8 Å². The number of nitrogens with two attached hydrogens (primary N) is 2. The number of nitrogens with zero attached hydrogens (tertiary/aromatic N) is 1. The van der Waals surface area contributed by atoms with E-state index < -0.39 is 5.91 Å². The molecule has 0 saturated carbocycles. The molecule has 1 aliphatic heterocycles. The van der Waals surface area contributed by atoms with Crippen LogP contribution < -0.4 is 16.4 Å². The van der Waals surface area contributed by atoms with Crippen LogP contribution in [0, 0.1) is 11.8 Å². The lowest BCUT2D eigenvalue weighted by Crippen LogP contribution is -2.39. The van der Waals surface area contributed by atoms with Gasteiger partial charge in [-0.05, 0) is 36.5 Å². The summed E-state index contributed by atoms with van der Waals surface area (Å²) in [6, 6.07) is 5.40. The highest BCUT2D eigenvalue weighted by Crippen LogP contribution is 2.29. The van der Waals surface area contributed by atoms with Crippen LogP contribution in [-0.2, 0) is 0 Å². The highest BCUT2D eigenvalue weighted by molar-refractivity contribution is 5.99. The van der Waals surface area contributed by atoms with Crippen LogP contribution in [0.1, 0.15) is 30.6 Å². The molecule has 0 unspecified atom stereocenters. The molecule has 1 amide bonds. The number of carbonyl (C=O) groups is 1. The SMILES string of the molecule is C[C@@H]1C[C@@H](C)CN(c2ccc(N)cc2C(N)=O)C1. The van der Waals surface area contributed by atoms with Crippen molar-refractivity contribution in [3.63, 3.8) is 0 Å². The predicted octanol–water partition coefficient (Wildman–Crippen LogP) is 1.85. The molecule has 4 heteroatoms. The predicted molar refractivity (Wildman–Crippen MR) is 74.5 cm³/mol. The summed E-state index contributed by atoms with van der Waals surface area (Å²) >= 11 is 0. The van der Waals surface area contributed by atoms with Gasteiger partial charge in [-0.3, -0.25) is 4.79 Å². The molecule has 0 aliphatic carbocycles. The van der Waals surface area contributed by atoms with Crippen molar-refractivity contribution in [3.05, 3.63) is 23.8 Å². The van der Waals surface area contributed by atoms with E-state index >= 15 is 0 Å². The molecule has 1 fully saturated rings. The van der Waals surface area contributed by atoms with Crippen molar-refractivity contribution < 1.29 is 4.79 Å². The molecule has 98 valence electrons. The molecular weight excluding hydrogens is 226 g/mol.